The van der Waals surface area contributed by atoms with Gasteiger partial charge in [-0.2, -0.15) is 0 Å². The van der Waals surface area contributed by atoms with E-state index >= 15 is 0 Å². The van der Waals surface area contributed by atoms with Gasteiger partial charge in [0.2, 0.25) is 0 Å². The van der Waals surface area contributed by atoms with E-state index in [1.807, 2.05) is 6.66 Å². The quantitative estimate of drug-likeness (QED) is 0.236. The first-order valence-electron chi connectivity index (χ1n) is 13.3. The maximum absolute atomic E-state index is 13.5. The summed E-state index contributed by atoms with van der Waals surface area (Å²) in [4.78, 5) is 2.61. The molecule has 0 aromatic carbocycles. The predicted octanol–water partition coefficient (Wildman–Crippen LogP) is 6.14. The zero-order valence-corrected chi connectivity index (χ0v) is 22.1. The van der Waals surface area contributed by atoms with Gasteiger partial charge in [0.1, 0.15) is 0 Å². The third-order valence-corrected chi connectivity index (χ3v) is 9.59. The van der Waals surface area contributed by atoms with Crippen molar-refractivity contribution in [2.75, 3.05) is 52.5 Å². The number of hydrogen-bond acceptors (Lipinski definition) is 4. The molecule has 2 saturated heterocycles. The van der Waals surface area contributed by atoms with Crippen molar-refractivity contribution in [3.05, 3.63) is 0 Å². The lowest BCUT2D eigenvalue weighted by molar-refractivity contribution is 0.0928. The molecule has 1 unspecified atom stereocenters. The second-order valence-corrected chi connectivity index (χ2v) is 12.9. The molecule has 2 heterocycles. The number of hydrogen-bond donors (Lipinski definition) is 1. The Balaban J connectivity index is 1.82. The monoisotopic (exact) mass is 457 g/mol. The molecule has 6 heteroatoms. The summed E-state index contributed by atoms with van der Waals surface area (Å²) in [7, 11) is -2.73. The van der Waals surface area contributed by atoms with Crippen molar-refractivity contribution in [2.45, 2.75) is 104 Å². The van der Waals surface area contributed by atoms with E-state index in [2.05, 4.69) is 35.7 Å². The number of rotatable bonds is 15. The van der Waals surface area contributed by atoms with Crippen molar-refractivity contribution in [3.63, 3.8) is 0 Å². The van der Waals surface area contributed by atoms with Crippen molar-refractivity contribution in [3.8, 4) is 0 Å². The number of nitrogens with zero attached hydrogens (tertiary/aromatic N) is 2. The Kier molecular flexibility index (Phi) is 12.7. The average Bonchev–Trinajstić information content (AvgIpc) is 2.79. The Labute approximate surface area is 193 Å². The van der Waals surface area contributed by atoms with Crippen LogP contribution in [0.4, 0.5) is 0 Å². The smallest absolute Gasteiger partial charge is 0.269 e. The molecule has 0 bridgehead atoms. The summed E-state index contributed by atoms with van der Waals surface area (Å²) in [5.41, 5.74) is 0.157. The molecule has 1 atom stereocenters. The zero-order valence-electron chi connectivity index (χ0n) is 21.2. The van der Waals surface area contributed by atoms with Crippen molar-refractivity contribution in [1.82, 2.24) is 14.9 Å². The summed E-state index contributed by atoms with van der Waals surface area (Å²) in [6, 6.07) is 0.704. The van der Waals surface area contributed by atoms with Crippen LogP contribution in [0.5, 0.6) is 0 Å². The minimum atomic E-state index is -2.73. The van der Waals surface area contributed by atoms with E-state index in [1.165, 1.54) is 77.0 Å². The second kappa shape index (κ2) is 14.4. The molecule has 0 amide bonds. The van der Waals surface area contributed by atoms with Crippen LogP contribution in [-0.2, 0) is 9.09 Å². The Hall–Kier alpha value is 0.0700. The van der Waals surface area contributed by atoms with Gasteiger partial charge in [-0.3, -0.25) is 9.46 Å². The van der Waals surface area contributed by atoms with Crippen LogP contribution in [0.15, 0.2) is 0 Å². The van der Waals surface area contributed by atoms with Gasteiger partial charge in [0.05, 0.1) is 6.61 Å². The van der Waals surface area contributed by atoms with Gasteiger partial charge in [-0.15, -0.1) is 0 Å². The Morgan fingerprint density at radius 3 is 1.97 bits per heavy atom. The zero-order chi connectivity index (χ0) is 22.6. The molecule has 184 valence electrons. The summed E-state index contributed by atoms with van der Waals surface area (Å²) < 4.78 is 22.0. The van der Waals surface area contributed by atoms with Gasteiger partial charge < -0.3 is 9.84 Å². The van der Waals surface area contributed by atoms with E-state index in [4.69, 9.17) is 4.52 Å². The van der Waals surface area contributed by atoms with E-state index in [-0.39, 0.29) is 5.41 Å². The van der Waals surface area contributed by atoms with Crippen LogP contribution < -0.4 is 5.32 Å². The van der Waals surface area contributed by atoms with Crippen LogP contribution in [0.3, 0.4) is 0 Å². The van der Waals surface area contributed by atoms with Crippen molar-refractivity contribution in [2.24, 2.45) is 5.41 Å². The minimum absolute atomic E-state index is 0.157. The van der Waals surface area contributed by atoms with E-state index in [0.29, 0.717) is 12.6 Å². The Morgan fingerprint density at radius 2 is 1.45 bits per heavy atom. The van der Waals surface area contributed by atoms with Gasteiger partial charge in [0, 0.05) is 38.9 Å². The molecule has 0 spiro atoms. The average molecular weight is 458 g/mol. The maximum atomic E-state index is 13.5. The van der Waals surface area contributed by atoms with Crippen LogP contribution in [-0.4, -0.2) is 68.2 Å². The molecule has 2 aliphatic rings. The van der Waals surface area contributed by atoms with Crippen molar-refractivity contribution >= 4 is 7.52 Å². The van der Waals surface area contributed by atoms with Gasteiger partial charge in [0.25, 0.3) is 7.52 Å². The van der Waals surface area contributed by atoms with E-state index in [9.17, 15) is 4.57 Å². The lowest BCUT2D eigenvalue weighted by Crippen LogP contribution is -2.51. The molecule has 0 aliphatic carbocycles. The van der Waals surface area contributed by atoms with Crippen LogP contribution in [0.2, 0.25) is 0 Å². The van der Waals surface area contributed by atoms with Gasteiger partial charge in [0.15, 0.2) is 0 Å². The molecule has 2 fully saturated rings. The number of piperazine rings is 1. The van der Waals surface area contributed by atoms with Crippen LogP contribution in [0.25, 0.3) is 0 Å². The van der Waals surface area contributed by atoms with E-state index in [1.54, 1.807) is 0 Å². The van der Waals surface area contributed by atoms with Crippen LogP contribution >= 0.6 is 7.52 Å². The van der Waals surface area contributed by atoms with E-state index < -0.39 is 7.52 Å². The fourth-order valence-electron chi connectivity index (χ4n) is 5.20. The maximum Gasteiger partial charge on any atom is 0.269 e. The lowest BCUT2D eigenvalue weighted by Gasteiger charge is -2.42. The highest BCUT2D eigenvalue weighted by atomic mass is 31.2. The van der Waals surface area contributed by atoms with Crippen molar-refractivity contribution in [1.29, 1.82) is 0 Å². The van der Waals surface area contributed by atoms with E-state index in [0.717, 1.165) is 39.3 Å². The summed E-state index contributed by atoms with van der Waals surface area (Å²) in [6.45, 7) is 15.5. The molecule has 0 radical (unpaired) electrons. The molecule has 2 aliphatic heterocycles. The number of nitrogens with one attached hydrogen (secondary N) is 1. The van der Waals surface area contributed by atoms with Gasteiger partial charge in [-0.1, -0.05) is 72.1 Å². The van der Waals surface area contributed by atoms with Gasteiger partial charge in [-0.05, 0) is 44.2 Å². The predicted molar refractivity (Wildman–Crippen MR) is 134 cm³/mol. The standard InChI is InChI=1S/C25H52N3O2P/c1-5-7-9-11-15-25(3,16-12-10-8-6-2)23-30-31(4,29)28-21-19-27(20-22-28)24-13-17-26-18-14-24/h24,26H,5-23H2,1-4H3. The highest BCUT2D eigenvalue weighted by Gasteiger charge is 2.34. The number of piperidine rings is 1. The molecule has 1 N–H and O–H groups in total. The SMILES string of the molecule is CCCCCCC(C)(CCCCCC)COP(C)(=O)N1CCN(C2CCNCC2)CC1. The fraction of sp³-hybridized carbons (Fsp3) is 1.00. The van der Waals surface area contributed by atoms with Crippen LogP contribution in [0.1, 0.15) is 97.8 Å². The minimum Gasteiger partial charge on any atom is -0.317 e. The van der Waals surface area contributed by atoms with Crippen molar-refractivity contribution < 1.29 is 9.09 Å². The third-order valence-electron chi connectivity index (χ3n) is 7.55. The first-order valence-corrected chi connectivity index (χ1v) is 15.3. The number of unbranched alkanes of at least 4 members (excludes halogenated alkanes) is 6. The first-order chi connectivity index (χ1) is 14.9. The first kappa shape index (κ1) is 27.3. The summed E-state index contributed by atoms with van der Waals surface area (Å²) in [5.74, 6) is 0. The molecule has 0 aromatic rings. The van der Waals surface area contributed by atoms with Crippen LogP contribution in [0, 0.1) is 5.41 Å². The highest BCUT2D eigenvalue weighted by molar-refractivity contribution is 7.55. The lowest BCUT2D eigenvalue weighted by atomic mass is 9.80. The van der Waals surface area contributed by atoms with Gasteiger partial charge in [-0.25, -0.2) is 4.67 Å². The molecule has 31 heavy (non-hydrogen) atoms. The third kappa shape index (κ3) is 9.84. The summed E-state index contributed by atoms with van der Waals surface area (Å²) in [6.07, 6.45) is 15.2. The fourth-order valence-corrected chi connectivity index (χ4v) is 6.82. The molecule has 0 aromatic heterocycles. The normalized spacial score (nSPS) is 21.9. The largest absolute Gasteiger partial charge is 0.317 e. The highest BCUT2D eigenvalue weighted by Crippen LogP contribution is 2.49. The topological polar surface area (TPSA) is 44.8 Å². The molecule has 2 rings (SSSR count). The molecular weight excluding hydrogens is 405 g/mol. The Bertz CT molecular complexity index is 505. The molecule has 0 saturated carbocycles. The summed E-state index contributed by atoms with van der Waals surface area (Å²) >= 11 is 0. The summed E-state index contributed by atoms with van der Waals surface area (Å²) in [5, 5.41) is 3.46. The van der Waals surface area contributed by atoms with Gasteiger partial charge >= 0.3 is 0 Å². The molecule has 5 nitrogen and oxygen atoms in total. The Morgan fingerprint density at radius 1 is 0.903 bits per heavy atom. The molecular formula is C25H52N3O2P. The second-order valence-electron chi connectivity index (χ2n) is 10.5.